The van der Waals surface area contributed by atoms with E-state index in [2.05, 4.69) is 88.1 Å². The molecule has 0 heterocycles. The molecule has 33 heavy (non-hydrogen) atoms. The Morgan fingerprint density at radius 3 is 1.39 bits per heavy atom. The third kappa shape index (κ3) is 9.13. The summed E-state index contributed by atoms with van der Waals surface area (Å²) in [5.74, 6) is 1.71. The highest BCUT2D eigenvalue weighted by atomic mass is 16.5. The second-order valence-corrected chi connectivity index (χ2v) is 13.7. The molecular formula is C29H53NO3. The second kappa shape index (κ2) is 9.77. The molecule has 0 bridgehead atoms. The summed E-state index contributed by atoms with van der Waals surface area (Å²) in [7, 11) is 2.19. The lowest BCUT2D eigenvalue weighted by atomic mass is 9.80. The fourth-order valence-electron chi connectivity index (χ4n) is 4.01. The number of hydrogen-bond acceptors (Lipinski definition) is 4. The molecule has 0 radical (unpaired) electrons. The highest BCUT2D eigenvalue weighted by Gasteiger charge is 2.47. The van der Waals surface area contributed by atoms with E-state index in [1.54, 1.807) is 0 Å². The van der Waals surface area contributed by atoms with Crippen LogP contribution in [0.25, 0.3) is 0 Å². The van der Waals surface area contributed by atoms with Gasteiger partial charge in [-0.1, -0.05) is 0 Å². The molecule has 0 unspecified atom stereocenters. The van der Waals surface area contributed by atoms with Crippen LogP contribution in [0.2, 0.25) is 0 Å². The molecule has 1 aromatic carbocycles. The second-order valence-electron chi connectivity index (χ2n) is 13.7. The van der Waals surface area contributed by atoms with Gasteiger partial charge in [-0.25, -0.2) is 0 Å². The van der Waals surface area contributed by atoms with Crippen LogP contribution in [0.3, 0.4) is 0 Å². The van der Waals surface area contributed by atoms with Crippen LogP contribution in [0.1, 0.15) is 110 Å². The van der Waals surface area contributed by atoms with E-state index >= 15 is 0 Å². The maximum Gasteiger partial charge on any atom is 0.120 e. The first-order valence-corrected chi connectivity index (χ1v) is 12.4. The molecule has 0 aliphatic carbocycles. The molecule has 1 rings (SSSR count). The molecule has 1 aromatic rings. The molecule has 0 saturated heterocycles. The molecule has 0 amide bonds. The van der Waals surface area contributed by atoms with Gasteiger partial charge in [0.15, 0.2) is 0 Å². The minimum atomic E-state index is -0.341. The zero-order valence-electron chi connectivity index (χ0n) is 24.4. The highest BCUT2D eigenvalue weighted by Crippen LogP contribution is 2.39. The predicted octanol–water partition coefficient (Wildman–Crippen LogP) is 7.88. The first-order valence-electron chi connectivity index (χ1n) is 12.4. The third-order valence-electron chi connectivity index (χ3n) is 6.82. The van der Waals surface area contributed by atoms with Crippen LogP contribution in [0.5, 0.6) is 11.5 Å². The third-order valence-corrected chi connectivity index (χ3v) is 6.82. The Morgan fingerprint density at radius 1 is 0.606 bits per heavy atom. The number of likely N-dealkylation sites (N-methyl/N-ethyl adjacent to an activating group) is 1. The normalized spacial score (nSPS) is 14.5. The van der Waals surface area contributed by atoms with Crippen molar-refractivity contribution in [2.45, 2.75) is 143 Å². The molecular weight excluding hydrogens is 410 g/mol. The Balaban J connectivity index is 2.80. The molecule has 4 nitrogen and oxygen atoms in total. The van der Waals surface area contributed by atoms with E-state index < -0.39 is 0 Å². The van der Waals surface area contributed by atoms with Crippen molar-refractivity contribution in [1.29, 1.82) is 0 Å². The average molecular weight is 464 g/mol. The standard InChI is InChI=1S/C29H53NO3/c1-24(2,3)30(15)28(11,12)29(13,14)33-27(9,10)21-20-26(7,8)32-23-18-16-22(17-19-23)31-25(4,5)6/h16-19H,20-21H2,1-15H3. The van der Waals surface area contributed by atoms with E-state index in [9.17, 15) is 0 Å². The monoisotopic (exact) mass is 463 g/mol. The van der Waals surface area contributed by atoms with Gasteiger partial charge < -0.3 is 14.2 Å². The zero-order valence-corrected chi connectivity index (χ0v) is 24.4. The highest BCUT2D eigenvalue weighted by molar-refractivity contribution is 5.32. The van der Waals surface area contributed by atoms with Gasteiger partial charge in [-0.2, -0.15) is 0 Å². The lowest BCUT2D eigenvalue weighted by Gasteiger charge is -2.54. The van der Waals surface area contributed by atoms with Crippen LogP contribution in [-0.2, 0) is 4.74 Å². The topological polar surface area (TPSA) is 30.9 Å². The minimum absolute atomic E-state index is 0.0531. The zero-order chi connectivity index (χ0) is 26.1. The van der Waals surface area contributed by atoms with E-state index in [-0.39, 0.29) is 33.5 Å². The van der Waals surface area contributed by atoms with Gasteiger partial charge in [-0.3, -0.25) is 4.90 Å². The predicted molar refractivity (Wildman–Crippen MR) is 142 cm³/mol. The molecule has 0 fully saturated rings. The van der Waals surface area contributed by atoms with E-state index in [1.807, 2.05) is 45.0 Å². The van der Waals surface area contributed by atoms with E-state index in [0.717, 1.165) is 24.3 Å². The number of nitrogens with zero attached hydrogens (tertiary/aromatic N) is 1. The molecule has 0 aliphatic heterocycles. The number of benzene rings is 1. The van der Waals surface area contributed by atoms with Crippen LogP contribution in [0.15, 0.2) is 24.3 Å². The van der Waals surface area contributed by atoms with Crippen molar-refractivity contribution in [1.82, 2.24) is 4.90 Å². The van der Waals surface area contributed by atoms with Gasteiger partial charge in [0.25, 0.3) is 0 Å². The summed E-state index contributed by atoms with van der Waals surface area (Å²) >= 11 is 0. The van der Waals surface area contributed by atoms with Crippen molar-refractivity contribution in [3.8, 4) is 11.5 Å². The molecule has 0 N–H and O–H groups in total. The lowest BCUT2D eigenvalue weighted by Crippen LogP contribution is -2.64. The Bertz CT molecular complexity index is 747. The van der Waals surface area contributed by atoms with E-state index in [4.69, 9.17) is 14.2 Å². The summed E-state index contributed by atoms with van der Waals surface area (Å²) in [6.07, 6.45) is 1.77. The summed E-state index contributed by atoms with van der Waals surface area (Å²) in [6.45, 7) is 30.5. The first kappa shape index (κ1) is 29.8. The largest absolute Gasteiger partial charge is 0.488 e. The Hall–Kier alpha value is -1.26. The summed E-state index contributed by atoms with van der Waals surface area (Å²) in [5.41, 5.74) is -1.24. The van der Waals surface area contributed by atoms with Crippen molar-refractivity contribution in [2.75, 3.05) is 7.05 Å². The fourth-order valence-corrected chi connectivity index (χ4v) is 4.01. The minimum Gasteiger partial charge on any atom is -0.488 e. The van der Waals surface area contributed by atoms with Crippen LogP contribution < -0.4 is 9.47 Å². The van der Waals surface area contributed by atoms with Crippen molar-refractivity contribution >= 4 is 0 Å². The van der Waals surface area contributed by atoms with Crippen molar-refractivity contribution in [3.63, 3.8) is 0 Å². The van der Waals surface area contributed by atoms with Crippen molar-refractivity contribution in [3.05, 3.63) is 24.3 Å². The summed E-state index contributed by atoms with van der Waals surface area (Å²) in [5, 5.41) is 0. The number of hydrogen-bond donors (Lipinski definition) is 0. The van der Waals surface area contributed by atoms with Gasteiger partial charge in [0.05, 0.1) is 11.2 Å². The molecule has 192 valence electrons. The van der Waals surface area contributed by atoms with Crippen LogP contribution >= 0.6 is 0 Å². The van der Waals surface area contributed by atoms with Gasteiger partial charge >= 0.3 is 0 Å². The van der Waals surface area contributed by atoms with E-state index in [0.29, 0.717) is 0 Å². The van der Waals surface area contributed by atoms with Gasteiger partial charge in [0.2, 0.25) is 0 Å². The summed E-state index contributed by atoms with van der Waals surface area (Å²) in [6, 6.07) is 7.91. The lowest BCUT2D eigenvalue weighted by molar-refractivity contribution is -0.195. The molecule has 4 heteroatoms. The quantitative estimate of drug-likeness (QED) is 0.353. The molecule has 0 aromatic heterocycles. The van der Waals surface area contributed by atoms with Gasteiger partial charge in [0.1, 0.15) is 22.7 Å². The van der Waals surface area contributed by atoms with Crippen LogP contribution in [0.4, 0.5) is 0 Å². The Morgan fingerprint density at radius 2 is 1.00 bits per heavy atom. The maximum atomic E-state index is 6.80. The SMILES string of the molecule is CN(C(C)(C)C)C(C)(C)C(C)(C)OC(C)(C)CCC(C)(C)Oc1ccc(OC(C)(C)C)cc1. The Labute approximate surface area is 205 Å². The maximum absolute atomic E-state index is 6.80. The average Bonchev–Trinajstić information content (AvgIpc) is 2.58. The van der Waals surface area contributed by atoms with Crippen molar-refractivity contribution in [2.24, 2.45) is 0 Å². The molecule has 0 atom stereocenters. The Kier molecular flexibility index (Phi) is 8.82. The first-order chi connectivity index (χ1) is 14.5. The smallest absolute Gasteiger partial charge is 0.120 e. The van der Waals surface area contributed by atoms with E-state index in [1.165, 1.54) is 0 Å². The summed E-state index contributed by atoms with van der Waals surface area (Å²) in [4.78, 5) is 2.41. The molecule has 0 spiro atoms. The molecule has 0 aliphatic rings. The van der Waals surface area contributed by atoms with Gasteiger partial charge in [-0.15, -0.1) is 0 Å². The summed E-state index contributed by atoms with van der Waals surface area (Å²) < 4.78 is 19.1. The van der Waals surface area contributed by atoms with Crippen molar-refractivity contribution < 1.29 is 14.2 Å². The number of ether oxygens (including phenoxy) is 3. The van der Waals surface area contributed by atoms with Crippen LogP contribution in [0, 0.1) is 0 Å². The van der Waals surface area contributed by atoms with Crippen LogP contribution in [-0.4, -0.2) is 45.4 Å². The van der Waals surface area contributed by atoms with Gasteiger partial charge in [-0.05, 0) is 141 Å². The molecule has 0 saturated carbocycles. The van der Waals surface area contributed by atoms with Gasteiger partial charge in [0, 0.05) is 11.1 Å². The fraction of sp³-hybridized carbons (Fsp3) is 0.793. The number of rotatable bonds is 10.